The smallest absolute Gasteiger partial charge is 0.210 e. The molecule has 6 nitrogen and oxygen atoms in total. The first-order valence-electron chi connectivity index (χ1n) is 17.2. The summed E-state index contributed by atoms with van der Waals surface area (Å²) in [7, 11) is 3.49. The van der Waals surface area contributed by atoms with Crippen LogP contribution in [0.5, 0.6) is 11.5 Å². The number of likely N-dealkylation sites (N-methyl/N-ethyl adjacent to an activating group) is 1. The van der Waals surface area contributed by atoms with Crippen molar-refractivity contribution in [1.82, 2.24) is 5.32 Å². The molecule has 0 amide bonds. The molecule has 246 valence electrons. The van der Waals surface area contributed by atoms with Crippen LogP contribution in [0.2, 0.25) is 0 Å². The van der Waals surface area contributed by atoms with Crippen molar-refractivity contribution < 1.29 is 14.0 Å². The average molecular weight is 624 g/mol. The van der Waals surface area contributed by atoms with E-state index in [1.807, 2.05) is 0 Å². The number of nitrogens with zero attached hydrogens (tertiary/aromatic N) is 2. The summed E-state index contributed by atoms with van der Waals surface area (Å²) in [6.45, 7) is 17.3. The maximum Gasteiger partial charge on any atom is 0.210 e. The molecule has 0 saturated heterocycles. The first-order valence-corrected chi connectivity index (χ1v) is 17.2. The summed E-state index contributed by atoms with van der Waals surface area (Å²) >= 11 is 0. The van der Waals surface area contributed by atoms with Gasteiger partial charge in [-0.1, -0.05) is 26.0 Å². The van der Waals surface area contributed by atoms with Crippen LogP contribution >= 0.6 is 0 Å². The molecule has 1 aliphatic carbocycles. The van der Waals surface area contributed by atoms with Gasteiger partial charge in [-0.2, -0.15) is 4.58 Å². The highest BCUT2D eigenvalue weighted by Crippen LogP contribution is 2.49. The standard InChI is InChI=1S/C40H54N4O2/c1-9-43-34-20-18-30(45-7)26-32(34)39(3,4)36(43)22-16-28-14-13-15-29(38(28)42-25-12-11-24-41)17-23-37-40(5,6)33-27-31(46-8)19-21-35(33)44(37)10-2/h16-23,26-27H,9-15,24-25,41H2,1-8H3/p+1/b28-16+,36-22+. The fourth-order valence-electron chi connectivity index (χ4n) is 7.57. The van der Waals surface area contributed by atoms with Crippen LogP contribution in [-0.2, 0) is 10.8 Å². The fourth-order valence-corrected chi connectivity index (χ4v) is 7.57. The molecule has 0 bridgehead atoms. The molecule has 0 aromatic heterocycles. The van der Waals surface area contributed by atoms with Gasteiger partial charge in [-0.15, -0.1) is 0 Å². The quantitative estimate of drug-likeness (QED) is 0.185. The third-order valence-corrected chi connectivity index (χ3v) is 10.2. The number of hydrogen-bond donors (Lipinski definition) is 2. The second-order valence-electron chi connectivity index (χ2n) is 13.6. The summed E-state index contributed by atoms with van der Waals surface area (Å²) < 4.78 is 13.7. The summed E-state index contributed by atoms with van der Waals surface area (Å²) in [5.41, 5.74) is 17.5. The van der Waals surface area contributed by atoms with E-state index in [1.54, 1.807) is 14.2 Å². The van der Waals surface area contributed by atoms with Crippen LogP contribution in [0.4, 0.5) is 11.4 Å². The van der Waals surface area contributed by atoms with Gasteiger partial charge in [0.25, 0.3) is 0 Å². The number of nitrogens with one attached hydrogen (secondary N) is 1. The highest BCUT2D eigenvalue weighted by atomic mass is 16.5. The number of methoxy groups -OCH3 is 2. The van der Waals surface area contributed by atoms with E-state index < -0.39 is 0 Å². The zero-order valence-electron chi connectivity index (χ0n) is 29.4. The Morgan fingerprint density at radius 2 is 1.61 bits per heavy atom. The molecule has 0 saturated carbocycles. The van der Waals surface area contributed by atoms with Crippen molar-refractivity contribution in [3.63, 3.8) is 0 Å². The second-order valence-corrected chi connectivity index (χ2v) is 13.6. The number of rotatable bonds is 12. The van der Waals surface area contributed by atoms with Gasteiger partial charge in [0.1, 0.15) is 18.0 Å². The molecule has 0 unspecified atom stereocenters. The van der Waals surface area contributed by atoms with Gasteiger partial charge in [-0.3, -0.25) is 0 Å². The van der Waals surface area contributed by atoms with Crippen molar-refractivity contribution in [3.8, 4) is 11.5 Å². The molecule has 2 aromatic rings. The molecule has 6 heteroatoms. The molecule has 3 N–H and O–H groups in total. The lowest BCUT2D eigenvalue weighted by Gasteiger charge is -2.27. The molecule has 5 rings (SSSR count). The Hall–Kier alpha value is -3.77. The number of hydrogen-bond acceptors (Lipinski definition) is 5. The van der Waals surface area contributed by atoms with Crippen LogP contribution in [0.1, 0.15) is 84.8 Å². The molecule has 0 atom stereocenters. The minimum Gasteiger partial charge on any atom is -0.497 e. The van der Waals surface area contributed by atoms with Gasteiger partial charge in [-0.05, 0) is 119 Å². The van der Waals surface area contributed by atoms with E-state index >= 15 is 0 Å². The van der Waals surface area contributed by atoms with Crippen molar-refractivity contribution in [3.05, 3.63) is 94.4 Å². The third-order valence-electron chi connectivity index (χ3n) is 10.2. The normalized spacial score (nSPS) is 20.2. The Morgan fingerprint density at radius 3 is 2.28 bits per heavy atom. The van der Waals surface area contributed by atoms with Crippen molar-refractivity contribution in [1.29, 1.82) is 0 Å². The zero-order chi connectivity index (χ0) is 33.1. The van der Waals surface area contributed by atoms with Crippen LogP contribution in [0.25, 0.3) is 0 Å². The zero-order valence-corrected chi connectivity index (χ0v) is 29.4. The summed E-state index contributed by atoms with van der Waals surface area (Å²) in [4.78, 5) is 2.46. The van der Waals surface area contributed by atoms with Crippen LogP contribution < -0.4 is 25.4 Å². The Balaban J connectivity index is 1.54. The van der Waals surface area contributed by atoms with Gasteiger partial charge in [0, 0.05) is 53.3 Å². The molecule has 3 aliphatic rings. The molecular formula is C40H55N4O2+. The number of ether oxygens (including phenoxy) is 2. The highest BCUT2D eigenvalue weighted by molar-refractivity contribution is 6.03. The van der Waals surface area contributed by atoms with E-state index in [2.05, 4.69) is 117 Å². The molecule has 0 spiro atoms. The van der Waals surface area contributed by atoms with E-state index in [0.29, 0.717) is 0 Å². The van der Waals surface area contributed by atoms with E-state index in [4.69, 9.17) is 15.2 Å². The van der Waals surface area contributed by atoms with E-state index in [0.717, 1.165) is 69.8 Å². The maximum atomic E-state index is 5.85. The first-order chi connectivity index (χ1) is 22.1. The van der Waals surface area contributed by atoms with Crippen molar-refractivity contribution in [2.75, 3.05) is 45.3 Å². The van der Waals surface area contributed by atoms with Crippen LogP contribution in [0, 0.1) is 0 Å². The largest absolute Gasteiger partial charge is 0.497 e. The van der Waals surface area contributed by atoms with Crippen molar-refractivity contribution >= 4 is 17.1 Å². The summed E-state index contributed by atoms with van der Waals surface area (Å²) in [5.74, 6) is 1.82. The van der Waals surface area contributed by atoms with E-state index in [-0.39, 0.29) is 10.8 Å². The molecule has 46 heavy (non-hydrogen) atoms. The topological polar surface area (TPSA) is 62.8 Å². The van der Waals surface area contributed by atoms with Crippen molar-refractivity contribution in [2.24, 2.45) is 5.73 Å². The van der Waals surface area contributed by atoms with Crippen LogP contribution in [0.3, 0.4) is 0 Å². The molecule has 0 fully saturated rings. The SMILES string of the molecule is CCN1/C(=C/C=C2\CCCC(/C=C/C3=[N+](CC)c4ccc(OC)cc4C3(C)C)=C2NCCCCN)C(C)(C)c2cc(OC)ccc21. The Morgan fingerprint density at radius 1 is 0.891 bits per heavy atom. The fraction of sp³-hybridized carbons (Fsp3) is 0.475. The molecular weight excluding hydrogens is 568 g/mol. The lowest BCUT2D eigenvalue weighted by atomic mass is 9.80. The highest BCUT2D eigenvalue weighted by Gasteiger charge is 2.44. The predicted octanol–water partition coefficient (Wildman–Crippen LogP) is 8.05. The summed E-state index contributed by atoms with van der Waals surface area (Å²) in [5, 5.41) is 3.87. The first kappa shape index (κ1) is 33.6. The van der Waals surface area contributed by atoms with Gasteiger partial charge in [-0.25, -0.2) is 0 Å². The number of unbranched alkanes of at least 4 members (excludes halogenated alkanes) is 1. The summed E-state index contributed by atoms with van der Waals surface area (Å²) in [6.07, 6.45) is 14.8. The molecule has 0 radical (unpaired) electrons. The number of nitrogens with two attached hydrogens (primary N) is 1. The minimum absolute atomic E-state index is 0.126. The van der Waals surface area contributed by atoms with Gasteiger partial charge in [0.05, 0.1) is 19.6 Å². The number of benzene rings is 2. The molecule has 2 aromatic carbocycles. The monoisotopic (exact) mass is 623 g/mol. The average Bonchev–Trinajstić information content (AvgIpc) is 3.41. The van der Waals surface area contributed by atoms with Crippen molar-refractivity contribution in [2.45, 2.75) is 84.5 Å². The Labute approximate surface area is 277 Å². The minimum atomic E-state index is -0.126. The molecule has 2 heterocycles. The van der Waals surface area contributed by atoms with Gasteiger partial charge >= 0.3 is 0 Å². The lowest BCUT2D eigenvalue weighted by molar-refractivity contribution is -0.433. The van der Waals surface area contributed by atoms with Gasteiger partial charge < -0.3 is 25.4 Å². The van der Waals surface area contributed by atoms with Crippen LogP contribution in [-0.4, -0.2) is 50.7 Å². The van der Waals surface area contributed by atoms with E-state index in [9.17, 15) is 0 Å². The number of fused-ring (bicyclic) bond motifs is 2. The predicted molar refractivity (Wildman–Crippen MR) is 193 cm³/mol. The number of allylic oxidation sites excluding steroid dienone is 7. The second kappa shape index (κ2) is 13.9. The number of anilines is 1. The van der Waals surface area contributed by atoms with Crippen LogP contribution in [0.15, 0.2) is 83.2 Å². The maximum absolute atomic E-state index is 5.85. The Bertz CT molecular complexity index is 1600. The lowest BCUT2D eigenvalue weighted by Crippen LogP contribution is -2.28. The van der Waals surface area contributed by atoms with Gasteiger partial charge in [0.2, 0.25) is 5.69 Å². The Kier molecular flexibility index (Phi) is 10.2. The van der Waals surface area contributed by atoms with E-state index in [1.165, 1.54) is 50.8 Å². The summed E-state index contributed by atoms with van der Waals surface area (Å²) in [6, 6.07) is 13.0. The van der Waals surface area contributed by atoms with Gasteiger partial charge in [0.15, 0.2) is 5.71 Å². The third kappa shape index (κ3) is 6.16. The molecule has 2 aliphatic heterocycles.